The number of hydrogen-bond acceptors (Lipinski definition) is 5. The van der Waals surface area contributed by atoms with E-state index in [0.717, 1.165) is 10.5 Å². The highest BCUT2D eigenvalue weighted by Gasteiger charge is 2.37. The van der Waals surface area contributed by atoms with Crippen molar-refractivity contribution in [3.05, 3.63) is 93.8 Å². The van der Waals surface area contributed by atoms with Crippen LogP contribution in [0.5, 0.6) is 11.5 Å². The largest absolute Gasteiger partial charge is 0.493 e. The quantitative estimate of drug-likeness (QED) is 0.383. The molecule has 0 atom stereocenters. The van der Waals surface area contributed by atoms with Gasteiger partial charge in [0.05, 0.1) is 12.8 Å². The first-order chi connectivity index (χ1) is 16.8. The number of urea groups is 1. The molecule has 0 spiro atoms. The van der Waals surface area contributed by atoms with E-state index >= 15 is 0 Å². The summed E-state index contributed by atoms with van der Waals surface area (Å²) in [6, 6.07) is 14.7. The fourth-order valence-electron chi connectivity index (χ4n) is 3.52. The summed E-state index contributed by atoms with van der Waals surface area (Å²) in [6.45, 7) is 1.86. The monoisotopic (exact) mass is 494 g/mol. The van der Waals surface area contributed by atoms with Gasteiger partial charge < -0.3 is 9.47 Å². The van der Waals surface area contributed by atoms with E-state index in [1.807, 2.05) is 0 Å². The highest BCUT2D eigenvalue weighted by Crippen LogP contribution is 2.32. The SMILES string of the molecule is COc1cc(/C=C2\C(=O)NC(=O)N(c3cccc(Cl)c3C)C2=O)ccc1OCc1ccc(F)cc1. The van der Waals surface area contributed by atoms with Crippen LogP contribution in [0.15, 0.2) is 66.2 Å². The van der Waals surface area contributed by atoms with Crippen LogP contribution in [0.25, 0.3) is 6.08 Å². The molecular weight excluding hydrogens is 475 g/mol. The molecule has 3 aromatic carbocycles. The first kappa shape index (κ1) is 24.0. The Kier molecular flexibility index (Phi) is 6.84. The smallest absolute Gasteiger partial charge is 0.335 e. The number of hydrogen-bond donors (Lipinski definition) is 1. The topological polar surface area (TPSA) is 84.9 Å². The zero-order valence-electron chi connectivity index (χ0n) is 18.8. The molecule has 0 saturated carbocycles. The molecule has 4 rings (SSSR count). The molecule has 9 heteroatoms. The van der Waals surface area contributed by atoms with Gasteiger partial charge in [-0.05, 0) is 66.1 Å². The first-order valence-corrected chi connectivity index (χ1v) is 10.9. The summed E-state index contributed by atoms with van der Waals surface area (Å²) in [4.78, 5) is 39.0. The number of nitrogens with one attached hydrogen (secondary N) is 1. The molecular formula is C26H20ClFN2O5. The van der Waals surface area contributed by atoms with Gasteiger partial charge in [0.25, 0.3) is 11.8 Å². The van der Waals surface area contributed by atoms with Crippen molar-refractivity contribution < 1.29 is 28.2 Å². The van der Waals surface area contributed by atoms with Crippen LogP contribution in [0, 0.1) is 12.7 Å². The number of carbonyl (C=O) groups is 3. The number of rotatable bonds is 6. The van der Waals surface area contributed by atoms with Gasteiger partial charge in [-0.1, -0.05) is 35.9 Å². The van der Waals surface area contributed by atoms with E-state index in [9.17, 15) is 18.8 Å². The maximum absolute atomic E-state index is 13.2. The van der Waals surface area contributed by atoms with Gasteiger partial charge in [0.15, 0.2) is 11.5 Å². The summed E-state index contributed by atoms with van der Waals surface area (Å²) < 4.78 is 24.3. The van der Waals surface area contributed by atoms with Gasteiger partial charge >= 0.3 is 6.03 Å². The molecule has 0 aliphatic carbocycles. The summed E-state index contributed by atoms with van der Waals surface area (Å²) in [5.74, 6) is -1.14. The summed E-state index contributed by atoms with van der Waals surface area (Å²) in [6.07, 6.45) is 1.36. The van der Waals surface area contributed by atoms with E-state index in [-0.39, 0.29) is 23.7 Å². The van der Waals surface area contributed by atoms with Crippen molar-refractivity contribution >= 4 is 41.2 Å². The number of imide groups is 2. The molecule has 178 valence electrons. The van der Waals surface area contributed by atoms with Crippen LogP contribution in [-0.2, 0) is 16.2 Å². The van der Waals surface area contributed by atoms with Crippen molar-refractivity contribution in [2.45, 2.75) is 13.5 Å². The standard InChI is InChI=1S/C26H20ClFN2O5/c1-15-20(27)4-3-5-21(15)30-25(32)19(24(31)29-26(30)33)12-17-8-11-22(23(13-17)34-2)35-14-16-6-9-18(28)10-7-16/h3-13H,14H2,1-2H3,(H,29,31,33)/b19-12+. The number of benzene rings is 3. The highest BCUT2D eigenvalue weighted by molar-refractivity contribution is 6.39. The average Bonchev–Trinajstić information content (AvgIpc) is 2.84. The Morgan fingerprint density at radius 2 is 1.77 bits per heavy atom. The summed E-state index contributed by atoms with van der Waals surface area (Å²) in [5, 5.41) is 2.57. The fourth-order valence-corrected chi connectivity index (χ4v) is 3.69. The second-order valence-electron chi connectivity index (χ2n) is 7.67. The van der Waals surface area contributed by atoms with Crippen molar-refractivity contribution in [3.8, 4) is 11.5 Å². The molecule has 0 bridgehead atoms. The van der Waals surface area contributed by atoms with Gasteiger partial charge in [0.1, 0.15) is 18.0 Å². The molecule has 1 saturated heterocycles. The molecule has 1 N–H and O–H groups in total. The molecule has 0 aromatic heterocycles. The second kappa shape index (κ2) is 9.99. The van der Waals surface area contributed by atoms with Crippen LogP contribution in [0.2, 0.25) is 5.02 Å². The molecule has 1 aliphatic heterocycles. The van der Waals surface area contributed by atoms with E-state index in [0.29, 0.717) is 27.6 Å². The predicted molar refractivity (Wildman–Crippen MR) is 129 cm³/mol. The van der Waals surface area contributed by atoms with Gasteiger partial charge in [-0.15, -0.1) is 0 Å². The Hall–Kier alpha value is -4.17. The van der Waals surface area contributed by atoms with E-state index in [1.54, 1.807) is 55.5 Å². The van der Waals surface area contributed by atoms with Gasteiger partial charge in [0, 0.05) is 5.02 Å². The summed E-state index contributed by atoms with van der Waals surface area (Å²) in [5.41, 5.74) is 1.82. The van der Waals surface area contributed by atoms with E-state index in [4.69, 9.17) is 21.1 Å². The maximum Gasteiger partial charge on any atom is 0.335 e. The third-order valence-corrected chi connectivity index (χ3v) is 5.80. The highest BCUT2D eigenvalue weighted by atomic mass is 35.5. The molecule has 0 radical (unpaired) electrons. The zero-order chi connectivity index (χ0) is 25.1. The van der Waals surface area contributed by atoms with E-state index < -0.39 is 17.8 Å². The third kappa shape index (κ3) is 5.02. The number of halogens is 2. The molecule has 4 amide bonds. The van der Waals surface area contributed by atoms with Gasteiger partial charge in [-0.25, -0.2) is 14.1 Å². The van der Waals surface area contributed by atoms with Crippen LogP contribution in [0.3, 0.4) is 0 Å². The van der Waals surface area contributed by atoms with Crippen molar-refractivity contribution in [1.29, 1.82) is 0 Å². The van der Waals surface area contributed by atoms with Crippen molar-refractivity contribution in [2.75, 3.05) is 12.0 Å². The zero-order valence-corrected chi connectivity index (χ0v) is 19.6. The van der Waals surface area contributed by atoms with Crippen LogP contribution in [0.4, 0.5) is 14.9 Å². The van der Waals surface area contributed by atoms with Crippen molar-refractivity contribution in [1.82, 2.24) is 5.32 Å². The Bertz CT molecular complexity index is 1350. The first-order valence-electron chi connectivity index (χ1n) is 10.5. The van der Waals surface area contributed by atoms with Crippen LogP contribution < -0.4 is 19.7 Å². The second-order valence-corrected chi connectivity index (χ2v) is 8.07. The van der Waals surface area contributed by atoms with Crippen LogP contribution in [0.1, 0.15) is 16.7 Å². The van der Waals surface area contributed by atoms with Gasteiger partial charge in [-0.3, -0.25) is 14.9 Å². The molecule has 35 heavy (non-hydrogen) atoms. The number of anilines is 1. The number of ether oxygens (including phenoxy) is 2. The molecule has 1 aliphatic rings. The summed E-state index contributed by atoms with van der Waals surface area (Å²) >= 11 is 6.15. The molecule has 7 nitrogen and oxygen atoms in total. The minimum atomic E-state index is -0.857. The van der Waals surface area contributed by atoms with Crippen molar-refractivity contribution in [2.24, 2.45) is 0 Å². The van der Waals surface area contributed by atoms with E-state index in [2.05, 4.69) is 5.32 Å². The molecule has 1 fully saturated rings. The fraction of sp³-hybridized carbons (Fsp3) is 0.115. The lowest BCUT2D eigenvalue weighted by Gasteiger charge is -2.27. The van der Waals surface area contributed by atoms with E-state index in [1.165, 1.54) is 25.3 Å². The number of carbonyl (C=O) groups excluding carboxylic acids is 3. The Morgan fingerprint density at radius 1 is 1.03 bits per heavy atom. The third-order valence-electron chi connectivity index (χ3n) is 5.39. The Labute approximate surface area is 205 Å². The molecule has 0 unspecified atom stereocenters. The minimum Gasteiger partial charge on any atom is -0.493 e. The lowest BCUT2D eigenvalue weighted by molar-refractivity contribution is -0.122. The predicted octanol–water partition coefficient (Wildman–Crippen LogP) is 5.04. The van der Waals surface area contributed by atoms with Gasteiger partial charge in [0.2, 0.25) is 0 Å². The number of nitrogens with zero attached hydrogens (tertiary/aromatic N) is 1. The molecule has 1 heterocycles. The maximum atomic E-state index is 13.2. The lowest BCUT2D eigenvalue weighted by Crippen LogP contribution is -2.54. The minimum absolute atomic E-state index is 0.189. The normalized spacial score (nSPS) is 14.8. The average molecular weight is 495 g/mol. The number of amides is 4. The van der Waals surface area contributed by atoms with Crippen molar-refractivity contribution in [3.63, 3.8) is 0 Å². The van der Waals surface area contributed by atoms with Crippen LogP contribution >= 0.6 is 11.6 Å². The van der Waals surface area contributed by atoms with Crippen LogP contribution in [-0.4, -0.2) is 25.0 Å². The number of barbiturate groups is 1. The van der Waals surface area contributed by atoms with Gasteiger partial charge in [-0.2, -0.15) is 0 Å². The molecule has 3 aromatic rings. The number of methoxy groups -OCH3 is 1. The lowest BCUT2D eigenvalue weighted by atomic mass is 10.1. The Morgan fingerprint density at radius 3 is 2.49 bits per heavy atom. The summed E-state index contributed by atoms with van der Waals surface area (Å²) in [7, 11) is 1.46. The Balaban J connectivity index is 1.61.